The van der Waals surface area contributed by atoms with E-state index in [2.05, 4.69) is 68.6 Å². The van der Waals surface area contributed by atoms with Crippen molar-refractivity contribution in [2.24, 2.45) is 0 Å². The topological polar surface area (TPSA) is 72.5 Å². The van der Waals surface area contributed by atoms with Gasteiger partial charge < -0.3 is 28.1 Å². The number of rotatable bonds is 13. The van der Waals surface area contributed by atoms with E-state index in [1.165, 1.54) is 0 Å². The first-order valence-corrected chi connectivity index (χ1v) is 18.1. The van der Waals surface area contributed by atoms with Crippen molar-refractivity contribution < 1.29 is 32.9 Å². The highest BCUT2D eigenvalue weighted by atomic mass is 127. The Hall–Kier alpha value is -1.14. The third-order valence-electron chi connectivity index (χ3n) is 7.64. The number of cyclic esters (lactones) is 2. The summed E-state index contributed by atoms with van der Waals surface area (Å²) < 4.78 is 36.1. The zero-order valence-electron chi connectivity index (χ0n) is 23.7. The van der Waals surface area contributed by atoms with Crippen LogP contribution in [-0.4, -0.2) is 63.1 Å². The number of benzene rings is 1. The number of halogens is 1. The smallest absolute Gasteiger partial charge is 0.497 e. The van der Waals surface area contributed by atoms with E-state index in [1.54, 1.807) is 7.11 Å². The number of alkyl halides is 1. The molecule has 7 nitrogen and oxygen atoms in total. The van der Waals surface area contributed by atoms with Crippen LogP contribution in [-0.2, 0) is 30.0 Å². The summed E-state index contributed by atoms with van der Waals surface area (Å²) in [4.78, 5) is 12.0. The summed E-state index contributed by atoms with van der Waals surface area (Å²) in [7, 11) is -0.374. The second-order valence-corrected chi connectivity index (χ2v) is 17.4. The molecule has 2 aliphatic rings. The summed E-state index contributed by atoms with van der Waals surface area (Å²) in [6, 6.07) is 7.94. The Morgan fingerprint density at radius 3 is 2.45 bits per heavy atom. The molecule has 3 rings (SSSR count). The quantitative estimate of drug-likeness (QED) is 0.0553. The normalized spacial score (nSPS) is 25.0. The lowest BCUT2D eigenvalue weighted by molar-refractivity contribution is -0.0712. The second kappa shape index (κ2) is 14.5. The van der Waals surface area contributed by atoms with Gasteiger partial charge in [-0.05, 0) is 48.7 Å². The first-order valence-electron chi connectivity index (χ1n) is 13.6. The lowest BCUT2D eigenvalue weighted by Crippen LogP contribution is -2.47. The summed E-state index contributed by atoms with van der Waals surface area (Å²) in [5, 5.41) is 0.0787. The molecule has 1 aromatic carbocycles. The third-order valence-corrected chi connectivity index (χ3v) is 13.2. The molecule has 0 N–H and O–H groups in total. The monoisotopic (exact) mass is 660 g/mol. The molecule has 0 amide bonds. The zero-order valence-corrected chi connectivity index (χ0v) is 26.9. The maximum atomic E-state index is 12.0. The Morgan fingerprint density at radius 1 is 1.08 bits per heavy atom. The Kier molecular flexibility index (Phi) is 12.0. The number of ether oxygens (including phenoxy) is 5. The molecule has 1 fully saturated rings. The van der Waals surface area contributed by atoms with Crippen molar-refractivity contribution in [1.29, 1.82) is 0 Å². The lowest BCUT2D eigenvalue weighted by atomic mass is 9.99. The first-order chi connectivity index (χ1) is 18.0. The predicted molar refractivity (Wildman–Crippen MR) is 160 cm³/mol. The molecule has 0 bridgehead atoms. The van der Waals surface area contributed by atoms with Gasteiger partial charge in [-0.3, -0.25) is 0 Å². The minimum Gasteiger partial charge on any atom is -0.497 e. The molecule has 214 valence electrons. The van der Waals surface area contributed by atoms with E-state index in [9.17, 15) is 4.79 Å². The van der Waals surface area contributed by atoms with Crippen molar-refractivity contribution in [3.8, 4) is 5.75 Å². The molecule has 38 heavy (non-hydrogen) atoms. The van der Waals surface area contributed by atoms with Crippen molar-refractivity contribution in [3.05, 3.63) is 42.0 Å². The predicted octanol–water partition coefficient (Wildman–Crippen LogP) is 7.22. The van der Waals surface area contributed by atoms with Crippen LogP contribution in [0.1, 0.15) is 58.4 Å². The Bertz CT molecular complexity index is 899. The van der Waals surface area contributed by atoms with E-state index < -0.39 is 14.5 Å². The molecule has 1 saturated heterocycles. The van der Waals surface area contributed by atoms with Gasteiger partial charge in [-0.1, -0.05) is 67.6 Å². The van der Waals surface area contributed by atoms with Crippen LogP contribution in [0.4, 0.5) is 4.79 Å². The van der Waals surface area contributed by atoms with Crippen LogP contribution < -0.4 is 4.74 Å². The van der Waals surface area contributed by atoms with E-state index in [4.69, 9.17) is 28.1 Å². The molecular weight excluding hydrogens is 615 g/mol. The Morgan fingerprint density at radius 2 is 1.79 bits per heavy atom. The first kappa shape index (κ1) is 31.4. The van der Waals surface area contributed by atoms with Crippen LogP contribution in [0.5, 0.6) is 5.75 Å². The van der Waals surface area contributed by atoms with Gasteiger partial charge >= 0.3 is 6.16 Å². The molecule has 0 aliphatic carbocycles. The summed E-state index contributed by atoms with van der Waals surface area (Å²) in [6.07, 6.45) is 7.27. The molecule has 0 aromatic heterocycles. The fraction of sp³-hybridized carbons (Fsp3) is 0.690. The molecule has 2 aliphatic heterocycles. The van der Waals surface area contributed by atoms with E-state index in [1.807, 2.05) is 24.3 Å². The van der Waals surface area contributed by atoms with Crippen molar-refractivity contribution in [1.82, 2.24) is 0 Å². The summed E-state index contributed by atoms with van der Waals surface area (Å²) in [5.74, 6) is 0.845. The van der Waals surface area contributed by atoms with Crippen LogP contribution in [0.25, 0.3) is 0 Å². The molecule has 0 spiro atoms. The van der Waals surface area contributed by atoms with Gasteiger partial charge in [0.1, 0.15) is 18.0 Å². The van der Waals surface area contributed by atoms with Gasteiger partial charge in [0.15, 0.2) is 8.32 Å². The van der Waals surface area contributed by atoms with Crippen molar-refractivity contribution in [2.75, 3.05) is 18.1 Å². The largest absolute Gasteiger partial charge is 0.508 e. The van der Waals surface area contributed by atoms with Crippen LogP contribution >= 0.6 is 22.6 Å². The maximum Gasteiger partial charge on any atom is 0.508 e. The fourth-order valence-electron chi connectivity index (χ4n) is 4.44. The minimum absolute atomic E-state index is 0.0407. The van der Waals surface area contributed by atoms with Gasteiger partial charge in [-0.15, -0.1) is 0 Å². The summed E-state index contributed by atoms with van der Waals surface area (Å²) in [5.41, 5.74) is 1.12. The van der Waals surface area contributed by atoms with Crippen molar-refractivity contribution in [2.45, 2.75) is 108 Å². The molecule has 0 unspecified atom stereocenters. The minimum atomic E-state index is -2.04. The van der Waals surface area contributed by atoms with E-state index >= 15 is 0 Å². The maximum absolute atomic E-state index is 12.0. The Balaban J connectivity index is 1.54. The van der Waals surface area contributed by atoms with Gasteiger partial charge in [0.25, 0.3) is 0 Å². The number of hydrogen-bond donors (Lipinski definition) is 0. The SMILES string of the molecule is COc1ccc(COCC[C@@H]2CC=C[C@@H](C[C@@H](C[C@H]3C[C@@H](CI)OC(=O)O3)O[Si](C)(C)C(C)(C)C)O2)cc1. The summed E-state index contributed by atoms with van der Waals surface area (Å²) >= 11 is 2.26. The van der Waals surface area contributed by atoms with E-state index in [0.717, 1.165) is 35.0 Å². The molecule has 9 heteroatoms. The standard InChI is InChI=1S/C29H45IO7Si/c1-29(2,3)38(5,6)37-26(17-25-18-27(19-30)36-28(31)35-25)16-24-9-7-8-23(34-24)14-15-33-20-21-10-12-22(32-4)13-11-21/h7,9-13,23-27H,8,14-20H2,1-6H3/t23-,24-,25-,26-,27-/m0/s1. The van der Waals surface area contributed by atoms with E-state index in [-0.39, 0.29) is 35.6 Å². The molecule has 0 radical (unpaired) electrons. The van der Waals surface area contributed by atoms with Gasteiger partial charge in [0.05, 0.1) is 32.0 Å². The molecular formula is C29H45IO7Si. The van der Waals surface area contributed by atoms with Crippen LogP contribution in [0.2, 0.25) is 18.1 Å². The van der Waals surface area contributed by atoms with Crippen LogP contribution in [0, 0.1) is 0 Å². The molecule has 2 heterocycles. The average Bonchev–Trinajstić information content (AvgIpc) is 2.86. The zero-order chi connectivity index (χ0) is 27.8. The highest BCUT2D eigenvalue weighted by Gasteiger charge is 2.41. The average molecular weight is 661 g/mol. The number of methoxy groups -OCH3 is 1. The Labute approximate surface area is 243 Å². The molecule has 5 atom stereocenters. The number of carbonyl (C=O) groups is 1. The highest BCUT2D eigenvalue weighted by molar-refractivity contribution is 14.1. The number of carbonyl (C=O) groups excluding carboxylic acids is 1. The molecule has 0 saturated carbocycles. The van der Waals surface area contributed by atoms with E-state index in [0.29, 0.717) is 26.1 Å². The van der Waals surface area contributed by atoms with Crippen LogP contribution in [0.15, 0.2) is 36.4 Å². The van der Waals surface area contributed by atoms with Gasteiger partial charge in [-0.25, -0.2) is 4.79 Å². The number of hydrogen-bond acceptors (Lipinski definition) is 7. The van der Waals surface area contributed by atoms with Gasteiger partial charge in [-0.2, -0.15) is 0 Å². The highest BCUT2D eigenvalue weighted by Crippen LogP contribution is 2.39. The second-order valence-electron chi connectivity index (χ2n) is 11.7. The van der Waals surface area contributed by atoms with Gasteiger partial charge in [0.2, 0.25) is 0 Å². The van der Waals surface area contributed by atoms with Crippen molar-refractivity contribution >= 4 is 37.1 Å². The third kappa shape index (κ3) is 9.80. The fourth-order valence-corrected chi connectivity index (χ4v) is 6.36. The van der Waals surface area contributed by atoms with Gasteiger partial charge in [0, 0.05) is 30.3 Å². The van der Waals surface area contributed by atoms with Crippen molar-refractivity contribution in [3.63, 3.8) is 0 Å². The summed E-state index contributed by atoms with van der Waals surface area (Å²) in [6.45, 7) is 12.5. The lowest BCUT2D eigenvalue weighted by Gasteiger charge is -2.41. The van der Waals surface area contributed by atoms with Crippen LogP contribution in [0.3, 0.4) is 0 Å². The molecule has 1 aromatic rings.